The van der Waals surface area contributed by atoms with Crippen LogP contribution in [0.2, 0.25) is 0 Å². The van der Waals surface area contributed by atoms with Crippen molar-refractivity contribution in [2.24, 2.45) is 0 Å². The molecule has 0 aliphatic heterocycles. The molecule has 0 atom stereocenters. The molecule has 142 valence electrons. The highest BCUT2D eigenvalue weighted by molar-refractivity contribution is 5.96. The number of hydrogen-bond donors (Lipinski definition) is 0. The van der Waals surface area contributed by atoms with E-state index in [1.54, 1.807) is 4.57 Å². The molecule has 0 amide bonds. The quantitative estimate of drug-likeness (QED) is 0.560. The van der Waals surface area contributed by atoms with Gasteiger partial charge < -0.3 is 9.47 Å². The number of aryl methyl sites for hydroxylation is 1. The fourth-order valence-electron chi connectivity index (χ4n) is 3.11. The Labute approximate surface area is 160 Å². The molecule has 0 radical (unpaired) electrons. The van der Waals surface area contributed by atoms with Crippen LogP contribution in [-0.4, -0.2) is 16.3 Å². The van der Waals surface area contributed by atoms with Crippen molar-refractivity contribution in [1.29, 1.82) is 0 Å². The highest BCUT2D eigenvalue weighted by atomic mass is 16.6. The molecule has 0 saturated carbocycles. The Kier molecular flexibility index (Phi) is 5.54. The van der Waals surface area contributed by atoms with E-state index >= 15 is 0 Å². The molecule has 0 saturated heterocycles. The lowest BCUT2D eigenvalue weighted by atomic mass is 10.1. The van der Waals surface area contributed by atoms with Gasteiger partial charge >= 0.3 is 6.09 Å². The first-order valence-corrected chi connectivity index (χ1v) is 9.42. The van der Waals surface area contributed by atoms with Gasteiger partial charge in [0, 0.05) is 11.6 Å². The standard InChI is InChI=1S/C23H27NO3/c1-5-10-18-15-24(22(25)27-23(2,3)4)19-13-9-14-20(21(18)19)26-16-17-11-7-6-8-12-17/h6-9,11-15H,5,10,16H2,1-4H3. The van der Waals surface area contributed by atoms with E-state index in [4.69, 9.17) is 9.47 Å². The molecule has 1 aromatic heterocycles. The number of rotatable bonds is 5. The maximum atomic E-state index is 12.7. The van der Waals surface area contributed by atoms with Crippen LogP contribution >= 0.6 is 0 Å². The number of benzene rings is 2. The van der Waals surface area contributed by atoms with Crippen LogP contribution in [0.25, 0.3) is 10.9 Å². The van der Waals surface area contributed by atoms with Crippen LogP contribution in [0, 0.1) is 0 Å². The van der Waals surface area contributed by atoms with Gasteiger partial charge in [-0.2, -0.15) is 0 Å². The van der Waals surface area contributed by atoms with Crippen molar-refractivity contribution < 1.29 is 14.3 Å². The molecule has 1 heterocycles. The minimum atomic E-state index is -0.542. The lowest BCUT2D eigenvalue weighted by Gasteiger charge is -2.19. The average molecular weight is 365 g/mol. The molecule has 0 unspecified atom stereocenters. The molecule has 3 aromatic rings. The summed E-state index contributed by atoms with van der Waals surface area (Å²) in [5, 5.41) is 0.987. The molecular weight excluding hydrogens is 338 g/mol. The van der Waals surface area contributed by atoms with Crippen LogP contribution in [0.5, 0.6) is 5.75 Å². The van der Waals surface area contributed by atoms with Crippen molar-refractivity contribution in [2.75, 3.05) is 0 Å². The first-order chi connectivity index (χ1) is 12.9. The van der Waals surface area contributed by atoms with Gasteiger partial charge in [0.25, 0.3) is 0 Å². The highest BCUT2D eigenvalue weighted by Crippen LogP contribution is 2.32. The zero-order valence-corrected chi connectivity index (χ0v) is 16.5. The zero-order chi connectivity index (χ0) is 19.4. The molecule has 0 aliphatic rings. The molecular formula is C23H27NO3. The highest BCUT2D eigenvalue weighted by Gasteiger charge is 2.22. The first-order valence-electron chi connectivity index (χ1n) is 9.42. The maximum absolute atomic E-state index is 12.7. The summed E-state index contributed by atoms with van der Waals surface area (Å²) < 4.78 is 13.3. The Morgan fingerprint density at radius 1 is 1.04 bits per heavy atom. The van der Waals surface area contributed by atoms with Gasteiger partial charge in [0.2, 0.25) is 0 Å². The normalized spacial score (nSPS) is 11.6. The van der Waals surface area contributed by atoms with E-state index in [9.17, 15) is 4.79 Å². The predicted octanol–water partition coefficient (Wildman–Crippen LogP) is 5.96. The van der Waals surface area contributed by atoms with Crippen LogP contribution in [0.3, 0.4) is 0 Å². The average Bonchev–Trinajstić information content (AvgIpc) is 2.99. The van der Waals surface area contributed by atoms with Crippen molar-refractivity contribution in [1.82, 2.24) is 4.57 Å². The van der Waals surface area contributed by atoms with Gasteiger partial charge in [-0.3, -0.25) is 4.57 Å². The molecule has 0 bridgehead atoms. The topological polar surface area (TPSA) is 40.5 Å². The van der Waals surface area contributed by atoms with E-state index < -0.39 is 5.60 Å². The van der Waals surface area contributed by atoms with Gasteiger partial charge in [-0.1, -0.05) is 49.7 Å². The maximum Gasteiger partial charge on any atom is 0.419 e. The molecule has 4 heteroatoms. The second kappa shape index (κ2) is 7.87. The van der Waals surface area contributed by atoms with Gasteiger partial charge in [-0.15, -0.1) is 0 Å². The first kappa shape index (κ1) is 19.0. The number of hydrogen-bond acceptors (Lipinski definition) is 3. The Hall–Kier alpha value is -2.75. The molecule has 0 fully saturated rings. The molecule has 27 heavy (non-hydrogen) atoms. The minimum Gasteiger partial charge on any atom is -0.488 e. The summed E-state index contributed by atoms with van der Waals surface area (Å²) in [5.74, 6) is 0.794. The Bertz CT molecular complexity index is 920. The van der Waals surface area contributed by atoms with Crippen LogP contribution in [-0.2, 0) is 17.8 Å². The second-order valence-corrected chi connectivity index (χ2v) is 7.68. The van der Waals surface area contributed by atoms with E-state index in [2.05, 4.69) is 6.92 Å². The van der Waals surface area contributed by atoms with E-state index in [1.165, 1.54) is 0 Å². The Morgan fingerprint density at radius 3 is 2.44 bits per heavy atom. The number of aromatic nitrogens is 1. The van der Waals surface area contributed by atoms with E-state index in [0.29, 0.717) is 6.61 Å². The third-order valence-electron chi connectivity index (χ3n) is 4.22. The molecule has 0 N–H and O–H groups in total. The molecule has 0 spiro atoms. The van der Waals surface area contributed by atoms with Gasteiger partial charge in [0.15, 0.2) is 0 Å². The predicted molar refractivity (Wildman–Crippen MR) is 108 cm³/mol. The summed E-state index contributed by atoms with van der Waals surface area (Å²) in [6.45, 7) is 8.24. The summed E-state index contributed by atoms with van der Waals surface area (Å²) in [4.78, 5) is 12.7. The SMILES string of the molecule is CCCc1cn(C(=O)OC(C)(C)C)c2cccc(OCc3ccccc3)c12. The van der Waals surface area contributed by atoms with Crippen molar-refractivity contribution in [3.05, 3.63) is 65.9 Å². The summed E-state index contributed by atoms with van der Waals surface area (Å²) in [6.07, 6.45) is 3.38. The van der Waals surface area contributed by atoms with Gasteiger partial charge in [0.1, 0.15) is 18.0 Å². The number of carbonyl (C=O) groups excluding carboxylic acids is 1. The second-order valence-electron chi connectivity index (χ2n) is 7.68. The summed E-state index contributed by atoms with van der Waals surface area (Å²) in [6, 6.07) is 15.9. The number of carbonyl (C=O) groups is 1. The van der Waals surface area contributed by atoms with Crippen molar-refractivity contribution in [3.63, 3.8) is 0 Å². The van der Waals surface area contributed by atoms with Crippen molar-refractivity contribution >= 4 is 17.0 Å². The third-order valence-corrected chi connectivity index (χ3v) is 4.22. The molecule has 4 nitrogen and oxygen atoms in total. The van der Waals surface area contributed by atoms with E-state index in [1.807, 2.05) is 75.5 Å². The number of fused-ring (bicyclic) bond motifs is 1. The smallest absolute Gasteiger partial charge is 0.419 e. The van der Waals surface area contributed by atoms with Crippen LogP contribution < -0.4 is 4.74 Å². The van der Waals surface area contributed by atoms with Crippen LogP contribution in [0.4, 0.5) is 4.79 Å². The van der Waals surface area contributed by atoms with Crippen LogP contribution in [0.15, 0.2) is 54.7 Å². The number of nitrogens with zero attached hydrogens (tertiary/aromatic N) is 1. The monoisotopic (exact) mass is 365 g/mol. The molecule has 3 rings (SSSR count). The van der Waals surface area contributed by atoms with Gasteiger partial charge in [-0.25, -0.2) is 4.79 Å². The molecule has 2 aromatic carbocycles. The van der Waals surface area contributed by atoms with Gasteiger partial charge in [-0.05, 0) is 50.5 Å². The lowest BCUT2D eigenvalue weighted by molar-refractivity contribution is 0.0544. The third kappa shape index (κ3) is 4.51. The summed E-state index contributed by atoms with van der Waals surface area (Å²) in [7, 11) is 0. The largest absolute Gasteiger partial charge is 0.488 e. The summed E-state index contributed by atoms with van der Waals surface area (Å²) in [5.41, 5.74) is 2.48. The lowest BCUT2D eigenvalue weighted by Crippen LogP contribution is -2.26. The van der Waals surface area contributed by atoms with Gasteiger partial charge in [0.05, 0.1) is 5.52 Å². The summed E-state index contributed by atoms with van der Waals surface area (Å²) >= 11 is 0. The Balaban J connectivity index is 1.99. The van der Waals surface area contributed by atoms with Crippen LogP contribution in [0.1, 0.15) is 45.2 Å². The van der Waals surface area contributed by atoms with E-state index in [0.717, 1.165) is 40.6 Å². The fraction of sp³-hybridized carbons (Fsp3) is 0.348. The fourth-order valence-corrected chi connectivity index (χ4v) is 3.11. The van der Waals surface area contributed by atoms with Crippen molar-refractivity contribution in [3.8, 4) is 5.75 Å². The minimum absolute atomic E-state index is 0.366. The van der Waals surface area contributed by atoms with E-state index in [-0.39, 0.29) is 6.09 Å². The van der Waals surface area contributed by atoms with Crippen molar-refractivity contribution in [2.45, 2.75) is 52.7 Å². The zero-order valence-electron chi connectivity index (χ0n) is 16.5. The molecule has 0 aliphatic carbocycles. The number of ether oxygens (including phenoxy) is 2. The Morgan fingerprint density at radius 2 is 1.78 bits per heavy atom.